The van der Waals surface area contributed by atoms with Crippen LogP contribution in [0, 0.1) is 5.92 Å². The number of carbonyl (C=O) groups excluding carboxylic acids is 1. The number of carbonyl (C=O) groups is 1. The van der Waals surface area contributed by atoms with Gasteiger partial charge in [-0.05, 0) is 35.7 Å². The van der Waals surface area contributed by atoms with Gasteiger partial charge in [0, 0.05) is 6.54 Å². The Balaban J connectivity index is 2.09. The van der Waals surface area contributed by atoms with E-state index in [1.165, 1.54) is 37.4 Å². The zero-order valence-corrected chi connectivity index (χ0v) is 17.6. The number of ether oxygens (including phenoxy) is 2. The summed E-state index contributed by atoms with van der Waals surface area (Å²) < 4.78 is 61.8. The number of sulfonamides is 1. The number of hydrogen-bond acceptors (Lipinski definition) is 5. The summed E-state index contributed by atoms with van der Waals surface area (Å²) in [5, 5.41) is 2.66. The molecule has 1 amide bonds. The van der Waals surface area contributed by atoms with E-state index in [1.807, 2.05) is 0 Å². The first kappa shape index (κ1) is 23.6. The van der Waals surface area contributed by atoms with Crippen LogP contribution in [0.25, 0.3) is 0 Å². The highest BCUT2D eigenvalue weighted by Gasteiger charge is 2.28. The number of alkyl halides is 2. The zero-order valence-electron chi connectivity index (χ0n) is 16.8. The smallest absolute Gasteiger partial charge is 0.387 e. The minimum absolute atomic E-state index is 0.0421. The molecule has 2 N–H and O–H groups in total. The van der Waals surface area contributed by atoms with Gasteiger partial charge < -0.3 is 14.8 Å². The minimum atomic E-state index is -3.88. The van der Waals surface area contributed by atoms with Crippen LogP contribution in [0.3, 0.4) is 0 Å². The van der Waals surface area contributed by atoms with Crippen LogP contribution in [-0.2, 0) is 21.4 Å². The highest BCUT2D eigenvalue weighted by Crippen LogP contribution is 2.29. The average Bonchev–Trinajstić information content (AvgIpc) is 2.71. The molecule has 0 aliphatic carbocycles. The summed E-state index contributed by atoms with van der Waals surface area (Å²) in [6, 6.07) is 11.0. The van der Waals surface area contributed by atoms with Gasteiger partial charge in [0.1, 0.15) is 6.04 Å². The van der Waals surface area contributed by atoms with Crippen LogP contribution in [-0.4, -0.2) is 34.1 Å². The molecule has 7 nitrogen and oxygen atoms in total. The van der Waals surface area contributed by atoms with Crippen molar-refractivity contribution in [3.05, 3.63) is 54.1 Å². The Hall–Kier alpha value is -2.72. The Bertz CT molecular complexity index is 953. The number of halogens is 2. The van der Waals surface area contributed by atoms with Crippen LogP contribution in [0.5, 0.6) is 11.5 Å². The summed E-state index contributed by atoms with van der Waals surface area (Å²) in [5.74, 6) is -0.873. The van der Waals surface area contributed by atoms with Crippen molar-refractivity contribution in [2.45, 2.75) is 37.9 Å². The largest absolute Gasteiger partial charge is 0.493 e. The second kappa shape index (κ2) is 10.4. The first-order valence-electron chi connectivity index (χ1n) is 9.11. The molecule has 1 atom stereocenters. The molecule has 0 aromatic heterocycles. The molecule has 30 heavy (non-hydrogen) atoms. The monoisotopic (exact) mass is 442 g/mol. The maximum absolute atomic E-state index is 12.6. The summed E-state index contributed by atoms with van der Waals surface area (Å²) >= 11 is 0. The van der Waals surface area contributed by atoms with Crippen molar-refractivity contribution in [3.63, 3.8) is 0 Å². The second-order valence-electron chi connectivity index (χ2n) is 6.74. The van der Waals surface area contributed by atoms with Gasteiger partial charge in [-0.2, -0.15) is 13.5 Å². The van der Waals surface area contributed by atoms with Gasteiger partial charge in [-0.15, -0.1) is 0 Å². The molecule has 0 bridgehead atoms. The van der Waals surface area contributed by atoms with E-state index in [1.54, 1.807) is 32.0 Å². The van der Waals surface area contributed by atoms with Crippen molar-refractivity contribution in [1.29, 1.82) is 0 Å². The van der Waals surface area contributed by atoms with Gasteiger partial charge >= 0.3 is 6.61 Å². The zero-order chi connectivity index (χ0) is 22.3. The van der Waals surface area contributed by atoms with Crippen molar-refractivity contribution in [2.24, 2.45) is 5.92 Å². The third-order valence-corrected chi connectivity index (χ3v) is 5.65. The van der Waals surface area contributed by atoms with Crippen molar-refractivity contribution in [1.82, 2.24) is 10.0 Å². The molecule has 2 rings (SSSR count). The first-order valence-corrected chi connectivity index (χ1v) is 10.6. The maximum atomic E-state index is 12.6. The molecular formula is C20H24F2N2O5S. The van der Waals surface area contributed by atoms with Gasteiger partial charge in [0.2, 0.25) is 15.9 Å². The molecular weight excluding hydrogens is 418 g/mol. The van der Waals surface area contributed by atoms with E-state index in [2.05, 4.69) is 14.8 Å². The Labute approximate surface area is 174 Å². The fourth-order valence-electron chi connectivity index (χ4n) is 2.64. The summed E-state index contributed by atoms with van der Waals surface area (Å²) in [6.45, 7) is 0.489. The fraction of sp³-hybridized carbons (Fsp3) is 0.350. The van der Waals surface area contributed by atoms with Crippen LogP contribution < -0.4 is 19.5 Å². The van der Waals surface area contributed by atoms with Gasteiger partial charge in [-0.1, -0.05) is 38.1 Å². The molecule has 10 heteroatoms. The Morgan fingerprint density at radius 2 is 1.73 bits per heavy atom. The van der Waals surface area contributed by atoms with Crippen LogP contribution in [0.4, 0.5) is 8.78 Å². The Kier molecular flexibility index (Phi) is 8.13. The van der Waals surface area contributed by atoms with Crippen LogP contribution in [0.1, 0.15) is 19.4 Å². The fourth-order valence-corrected chi connectivity index (χ4v) is 4.01. The van der Waals surface area contributed by atoms with Gasteiger partial charge in [-0.3, -0.25) is 4.79 Å². The molecule has 0 aliphatic heterocycles. The van der Waals surface area contributed by atoms with E-state index in [0.717, 1.165) is 0 Å². The molecule has 2 aromatic carbocycles. The van der Waals surface area contributed by atoms with Crippen molar-refractivity contribution >= 4 is 15.9 Å². The lowest BCUT2D eigenvalue weighted by Crippen LogP contribution is -2.49. The summed E-state index contributed by atoms with van der Waals surface area (Å²) in [4.78, 5) is 12.7. The summed E-state index contributed by atoms with van der Waals surface area (Å²) in [7, 11) is -2.57. The SMILES string of the molecule is COc1cc(CNC(=O)[C@H](NS(=O)(=O)c2ccccc2)C(C)C)ccc1OC(F)F. The number of rotatable bonds is 10. The van der Waals surface area contributed by atoms with Crippen LogP contribution in [0.2, 0.25) is 0 Å². The van der Waals surface area contributed by atoms with E-state index in [0.29, 0.717) is 5.56 Å². The predicted octanol–water partition coefficient (Wildman–Crippen LogP) is 2.92. The first-order chi connectivity index (χ1) is 14.1. The van der Waals surface area contributed by atoms with E-state index in [4.69, 9.17) is 4.74 Å². The molecule has 0 radical (unpaired) electrons. The average molecular weight is 442 g/mol. The molecule has 164 valence electrons. The molecule has 0 saturated heterocycles. The van der Waals surface area contributed by atoms with Gasteiger partial charge in [0.05, 0.1) is 12.0 Å². The second-order valence-corrected chi connectivity index (χ2v) is 8.45. The Morgan fingerprint density at radius 3 is 2.30 bits per heavy atom. The summed E-state index contributed by atoms with van der Waals surface area (Å²) in [6.07, 6.45) is 0. The lowest BCUT2D eigenvalue weighted by Gasteiger charge is -2.22. The number of amides is 1. The number of hydrogen-bond donors (Lipinski definition) is 2. The molecule has 0 fully saturated rings. The van der Waals surface area contributed by atoms with Crippen LogP contribution >= 0.6 is 0 Å². The topological polar surface area (TPSA) is 93.7 Å². The van der Waals surface area contributed by atoms with Crippen LogP contribution in [0.15, 0.2) is 53.4 Å². The third kappa shape index (κ3) is 6.39. The lowest BCUT2D eigenvalue weighted by molar-refractivity contribution is -0.123. The molecule has 0 saturated carbocycles. The normalized spacial score (nSPS) is 12.6. The number of methoxy groups -OCH3 is 1. The highest BCUT2D eigenvalue weighted by atomic mass is 32.2. The molecule has 0 spiro atoms. The summed E-state index contributed by atoms with van der Waals surface area (Å²) in [5.41, 5.74) is 0.565. The van der Waals surface area contributed by atoms with E-state index in [-0.39, 0.29) is 28.9 Å². The molecule has 0 unspecified atom stereocenters. The highest BCUT2D eigenvalue weighted by molar-refractivity contribution is 7.89. The van der Waals surface area contributed by atoms with Crippen molar-refractivity contribution in [2.75, 3.05) is 7.11 Å². The minimum Gasteiger partial charge on any atom is -0.493 e. The van der Waals surface area contributed by atoms with Crippen molar-refractivity contribution < 1.29 is 31.5 Å². The van der Waals surface area contributed by atoms with E-state index < -0.39 is 28.6 Å². The third-order valence-electron chi connectivity index (χ3n) is 4.20. The molecule has 0 heterocycles. The standard InChI is InChI=1S/C20H24F2N2O5S/c1-13(2)18(24-30(26,27)15-7-5-4-6-8-15)19(25)23-12-14-9-10-16(29-20(21)22)17(11-14)28-3/h4-11,13,18,20,24H,12H2,1-3H3,(H,23,25)/t18-/m1/s1. The lowest BCUT2D eigenvalue weighted by atomic mass is 10.0. The van der Waals surface area contributed by atoms with E-state index >= 15 is 0 Å². The number of nitrogens with one attached hydrogen (secondary N) is 2. The molecule has 0 aliphatic rings. The van der Waals surface area contributed by atoms with E-state index in [9.17, 15) is 22.0 Å². The molecule has 2 aromatic rings. The van der Waals surface area contributed by atoms with Gasteiger partial charge in [-0.25, -0.2) is 8.42 Å². The Morgan fingerprint density at radius 1 is 1.07 bits per heavy atom. The van der Waals surface area contributed by atoms with Gasteiger partial charge in [0.15, 0.2) is 11.5 Å². The number of benzene rings is 2. The van der Waals surface area contributed by atoms with Gasteiger partial charge in [0.25, 0.3) is 0 Å². The maximum Gasteiger partial charge on any atom is 0.387 e. The quantitative estimate of drug-likeness (QED) is 0.590. The predicted molar refractivity (Wildman–Crippen MR) is 107 cm³/mol. The van der Waals surface area contributed by atoms with Crippen molar-refractivity contribution in [3.8, 4) is 11.5 Å².